The average molecular weight is 286 g/mol. The zero-order valence-electron chi connectivity index (χ0n) is 13.7. The standard InChI is InChI=1S/C16H32N2O2.H2/c1-5-14(4)18-9-6-15(7-10-18)20-11-8-17-12-16(19)13(2)3;/h13-15,17H,5-12H2,1-4H3;1H. The summed E-state index contributed by atoms with van der Waals surface area (Å²) in [7, 11) is 0. The molecule has 0 spiro atoms. The largest absolute Gasteiger partial charge is 0.377 e. The number of hydrogen-bond donors (Lipinski definition) is 1. The lowest BCUT2D eigenvalue weighted by Crippen LogP contribution is -2.42. The molecule has 1 atom stereocenters. The van der Waals surface area contributed by atoms with E-state index in [4.69, 9.17) is 4.74 Å². The molecule has 1 saturated heterocycles. The van der Waals surface area contributed by atoms with E-state index in [2.05, 4.69) is 24.1 Å². The van der Waals surface area contributed by atoms with Gasteiger partial charge in [-0.1, -0.05) is 20.8 Å². The minimum atomic E-state index is 0. The van der Waals surface area contributed by atoms with Crippen molar-refractivity contribution in [3.8, 4) is 0 Å². The minimum absolute atomic E-state index is 0. The number of likely N-dealkylation sites (tertiary alicyclic amines) is 1. The summed E-state index contributed by atoms with van der Waals surface area (Å²) in [5, 5.41) is 3.16. The van der Waals surface area contributed by atoms with Crippen molar-refractivity contribution in [3.05, 3.63) is 0 Å². The van der Waals surface area contributed by atoms with Gasteiger partial charge in [0.1, 0.15) is 5.78 Å². The number of rotatable bonds is 9. The van der Waals surface area contributed by atoms with Gasteiger partial charge in [0.05, 0.1) is 19.3 Å². The average Bonchev–Trinajstić information content (AvgIpc) is 2.46. The Bertz CT molecular complexity index is 279. The van der Waals surface area contributed by atoms with Crippen LogP contribution in [-0.4, -0.2) is 55.6 Å². The summed E-state index contributed by atoms with van der Waals surface area (Å²) in [5.74, 6) is 0.389. The van der Waals surface area contributed by atoms with E-state index >= 15 is 0 Å². The summed E-state index contributed by atoms with van der Waals surface area (Å²) in [4.78, 5) is 14.0. The zero-order valence-corrected chi connectivity index (χ0v) is 13.7. The van der Waals surface area contributed by atoms with E-state index in [-0.39, 0.29) is 13.1 Å². The fraction of sp³-hybridized carbons (Fsp3) is 0.938. The molecule has 1 N–H and O–H groups in total. The van der Waals surface area contributed by atoms with Crippen molar-refractivity contribution in [2.45, 2.75) is 59.1 Å². The summed E-state index contributed by atoms with van der Waals surface area (Å²) in [6, 6.07) is 0.694. The highest BCUT2D eigenvalue weighted by atomic mass is 16.5. The summed E-state index contributed by atoms with van der Waals surface area (Å²) in [6.07, 6.45) is 3.89. The van der Waals surface area contributed by atoms with Gasteiger partial charge < -0.3 is 15.0 Å². The molecule has 4 heteroatoms. The van der Waals surface area contributed by atoms with Crippen LogP contribution in [0.25, 0.3) is 0 Å². The molecule has 20 heavy (non-hydrogen) atoms. The molecule has 120 valence electrons. The normalized spacial score (nSPS) is 19.4. The van der Waals surface area contributed by atoms with Gasteiger partial charge in [-0.15, -0.1) is 0 Å². The highest BCUT2D eigenvalue weighted by Gasteiger charge is 2.21. The second-order valence-corrected chi connectivity index (χ2v) is 6.16. The molecule has 0 aromatic carbocycles. The van der Waals surface area contributed by atoms with Crippen molar-refractivity contribution in [1.29, 1.82) is 0 Å². The second kappa shape index (κ2) is 9.48. The molecule has 1 unspecified atom stereocenters. The third kappa shape index (κ3) is 6.33. The first-order chi connectivity index (χ1) is 9.54. The molecule has 0 radical (unpaired) electrons. The van der Waals surface area contributed by atoms with E-state index in [9.17, 15) is 4.79 Å². The fourth-order valence-corrected chi connectivity index (χ4v) is 2.45. The predicted molar refractivity (Wildman–Crippen MR) is 85.1 cm³/mol. The van der Waals surface area contributed by atoms with Gasteiger partial charge in [-0.2, -0.15) is 0 Å². The minimum Gasteiger partial charge on any atom is -0.377 e. The highest BCUT2D eigenvalue weighted by Crippen LogP contribution is 2.16. The summed E-state index contributed by atoms with van der Waals surface area (Å²) >= 11 is 0. The maximum Gasteiger partial charge on any atom is 0.149 e. The maximum absolute atomic E-state index is 11.4. The molecule has 0 aliphatic carbocycles. The van der Waals surface area contributed by atoms with E-state index in [1.807, 2.05) is 13.8 Å². The number of carbonyl (C=O) groups is 1. The van der Waals surface area contributed by atoms with Crippen LogP contribution in [0.2, 0.25) is 0 Å². The third-order valence-corrected chi connectivity index (χ3v) is 4.27. The molecule has 0 aromatic rings. The first kappa shape index (κ1) is 17.6. The van der Waals surface area contributed by atoms with Gasteiger partial charge in [-0.3, -0.25) is 4.79 Å². The lowest BCUT2D eigenvalue weighted by atomic mass is 10.1. The predicted octanol–water partition coefficient (Wildman–Crippen LogP) is 2.33. The van der Waals surface area contributed by atoms with Crippen LogP contribution in [0.15, 0.2) is 0 Å². The first-order valence-corrected chi connectivity index (χ1v) is 8.13. The molecule has 1 heterocycles. The molecule has 1 aliphatic heterocycles. The van der Waals surface area contributed by atoms with Crippen LogP contribution in [0.3, 0.4) is 0 Å². The summed E-state index contributed by atoms with van der Waals surface area (Å²) in [5.41, 5.74) is 0. The van der Waals surface area contributed by atoms with E-state index in [1.165, 1.54) is 6.42 Å². The van der Waals surface area contributed by atoms with Gasteiger partial charge in [-0.25, -0.2) is 0 Å². The zero-order chi connectivity index (χ0) is 15.0. The molecule has 0 bridgehead atoms. The number of Topliss-reactive ketones (excluding diaryl/α,β-unsaturated/α-hetero) is 1. The number of ketones is 1. The molecular formula is C16H34N2O2. The molecule has 0 amide bonds. The SMILES string of the molecule is CCC(C)N1CCC(OCCNCC(=O)C(C)C)CC1.[HH]. The Balaban J connectivity index is 0.00000400. The Kier molecular flexibility index (Phi) is 8.34. The first-order valence-electron chi connectivity index (χ1n) is 8.13. The van der Waals surface area contributed by atoms with E-state index in [0.717, 1.165) is 32.5 Å². The van der Waals surface area contributed by atoms with Crippen molar-refractivity contribution < 1.29 is 11.0 Å². The maximum atomic E-state index is 11.4. The van der Waals surface area contributed by atoms with Crippen LogP contribution in [0.4, 0.5) is 0 Å². The quantitative estimate of drug-likeness (QED) is 0.661. The van der Waals surface area contributed by atoms with Crippen LogP contribution in [0, 0.1) is 5.92 Å². The van der Waals surface area contributed by atoms with Crippen molar-refractivity contribution in [2.75, 3.05) is 32.8 Å². The number of nitrogens with one attached hydrogen (secondary N) is 1. The third-order valence-electron chi connectivity index (χ3n) is 4.27. The smallest absolute Gasteiger partial charge is 0.149 e. The van der Waals surface area contributed by atoms with Crippen LogP contribution in [-0.2, 0) is 9.53 Å². The number of piperidine rings is 1. The van der Waals surface area contributed by atoms with E-state index < -0.39 is 0 Å². The Labute approximate surface area is 125 Å². The summed E-state index contributed by atoms with van der Waals surface area (Å²) in [6.45, 7) is 12.7. The number of ether oxygens (including phenoxy) is 1. The molecule has 1 fully saturated rings. The monoisotopic (exact) mass is 286 g/mol. The lowest BCUT2D eigenvalue weighted by molar-refractivity contribution is -0.121. The Morgan fingerprint density at radius 2 is 2.00 bits per heavy atom. The van der Waals surface area contributed by atoms with Crippen LogP contribution in [0.5, 0.6) is 0 Å². The number of nitrogens with zero attached hydrogens (tertiary/aromatic N) is 1. The van der Waals surface area contributed by atoms with Gasteiger partial charge in [0.25, 0.3) is 0 Å². The molecule has 4 nitrogen and oxygen atoms in total. The Morgan fingerprint density at radius 3 is 2.55 bits per heavy atom. The Hall–Kier alpha value is -0.450. The van der Waals surface area contributed by atoms with Gasteiger partial charge in [0.15, 0.2) is 0 Å². The van der Waals surface area contributed by atoms with Gasteiger partial charge >= 0.3 is 0 Å². The molecular weight excluding hydrogens is 252 g/mol. The highest BCUT2D eigenvalue weighted by molar-refractivity contribution is 5.82. The van der Waals surface area contributed by atoms with Gasteiger partial charge in [-0.05, 0) is 26.2 Å². The van der Waals surface area contributed by atoms with Crippen molar-refractivity contribution >= 4 is 5.78 Å². The van der Waals surface area contributed by atoms with E-state index in [0.29, 0.717) is 25.3 Å². The van der Waals surface area contributed by atoms with Gasteiger partial charge in [0.2, 0.25) is 0 Å². The number of hydrogen-bond acceptors (Lipinski definition) is 4. The molecule has 1 rings (SSSR count). The topological polar surface area (TPSA) is 41.6 Å². The second-order valence-electron chi connectivity index (χ2n) is 6.16. The van der Waals surface area contributed by atoms with E-state index in [1.54, 1.807) is 0 Å². The molecule has 0 aromatic heterocycles. The van der Waals surface area contributed by atoms with Crippen LogP contribution < -0.4 is 5.32 Å². The van der Waals surface area contributed by atoms with Crippen molar-refractivity contribution in [3.63, 3.8) is 0 Å². The van der Waals surface area contributed by atoms with Crippen LogP contribution >= 0.6 is 0 Å². The Morgan fingerprint density at radius 1 is 1.35 bits per heavy atom. The van der Waals surface area contributed by atoms with Crippen molar-refractivity contribution in [1.82, 2.24) is 10.2 Å². The lowest BCUT2D eigenvalue weighted by Gasteiger charge is -2.35. The number of carbonyl (C=O) groups excluding carboxylic acids is 1. The van der Waals surface area contributed by atoms with Crippen LogP contribution in [0.1, 0.15) is 48.4 Å². The summed E-state index contributed by atoms with van der Waals surface area (Å²) < 4.78 is 5.89. The van der Waals surface area contributed by atoms with Gasteiger partial charge in [0, 0.05) is 33.0 Å². The van der Waals surface area contributed by atoms with Crippen molar-refractivity contribution in [2.24, 2.45) is 5.92 Å². The fourth-order valence-electron chi connectivity index (χ4n) is 2.45. The molecule has 0 saturated carbocycles. The molecule has 1 aliphatic rings.